The van der Waals surface area contributed by atoms with Crippen LogP contribution in [0.25, 0.3) is 0 Å². The Hall–Kier alpha value is -3.56. The normalized spacial score (nSPS) is 11.9. The zero-order valence-corrected chi connectivity index (χ0v) is 26.0. The van der Waals surface area contributed by atoms with Gasteiger partial charge in [-0.2, -0.15) is 0 Å². The van der Waals surface area contributed by atoms with E-state index in [1.807, 2.05) is 49.4 Å². The van der Waals surface area contributed by atoms with Gasteiger partial charge in [-0.1, -0.05) is 73.5 Å². The molecule has 3 aromatic rings. The molecule has 2 amide bonds. The third kappa shape index (κ3) is 10.1. The average Bonchev–Trinajstić information content (AvgIpc) is 2.97. The van der Waals surface area contributed by atoms with E-state index >= 15 is 0 Å². The average molecular weight is 614 g/mol. The minimum atomic E-state index is -3.62. The van der Waals surface area contributed by atoms with Crippen LogP contribution < -0.4 is 14.4 Å². The fourth-order valence-electron chi connectivity index (χ4n) is 4.66. The molecule has 0 aliphatic carbocycles. The number of rotatable bonds is 16. The number of carbonyl (C=O) groups excluding carboxylic acids is 2. The van der Waals surface area contributed by atoms with E-state index in [4.69, 9.17) is 16.3 Å². The van der Waals surface area contributed by atoms with E-state index in [0.717, 1.165) is 30.2 Å². The maximum Gasteiger partial charge on any atom is 0.243 e. The highest BCUT2D eigenvalue weighted by Gasteiger charge is 2.30. The van der Waals surface area contributed by atoms with Crippen LogP contribution >= 0.6 is 11.6 Å². The van der Waals surface area contributed by atoms with Gasteiger partial charge in [0.1, 0.15) is 11.8 Å². The predicted molar refractivity (Wildman–Crippen MR) is 168 cm³/mol. The van der Waals surface area contributed by atoms with Crippen molar-refractivity contribution in [2.75, 3.05) is 30.8 Å². The third-order valence-corrected chi connectivity index (χ3v) is 8.27. The smallest absolute Gasteiger partial charge is 0.243 e. The van der Waals surface area contributed by atoms with Gasteiger partial charge in [-0.05, 0) is 48.2 Å². The third-order valence-electron chi connectivity index (χ3n) is 6.84. The minimum Gasteiger partial charge on any atom is -0.497 e. The lowest BCUT2D eigenvalue weighted by Crippen LogP contribution is -2.50. The molecular formula is C32H40ClN3O5S. The van der Waals surface area contributed by atoms with Crippen molar-refractivity contribution in [3.05, 3.63) is 95.0 Å². The van der Waals surface area contributed by atoms with Crippen molar-refractivity contribution in [1.29, 1.82) is 0 Å². The molecular weight excluding hydrogens is 574 g/mol. The van der Waals surface area contributed by atoms with E-state index in [1.54, 1.807) is 41.3 Å². The minimum absolute atomic E-state index is 0.0457. The summed E-state index contributed by atoms with van der Waals surface area (Å²) in [7, 11) is -2.11. The molecule has 0 heterocycles. The van der Waals surface area contributed by atoms with Gasteiger partial charge in [-0.25, -0.2) is 8.42 Å². The van der Waals surface area contributed by atoms with Crippen LogP contribution in [0.4, 0.5) is 5.69 Å². The van der Waals surface area contributed by atoms with Gasteiger partial charge in [0, 0.05) is 43.6 Å². The number of amides is 2. The van der Waals surface area contributed by atoms with Gasteiger partial charge in [-0.3, -0.25) is 13.9 Å². The lowest BCUT2D eigenvalue weighted by atomic mass is 10.0. The van der Waals surface area contributed by atoms with Crippen LogP contribution in [0.3, 0.4) is 0 Å². The maximum absolute atomic E-state index is 13.9. The van der Waals surface area contributed by atoms with Gasteiger partial charge in [0.2, 0.25) is 21.8 Å². The molecule has 226 valence electrons. The number of nitrogens with one attached hydrogen (secondary N) is 1. The number of ether oxygens (including phenoxy) is 1. The molecule has 3 rings (SSSR count). The molecule has 0 unspecified atom stereocenters. The SMILES string of the molecule is CCCCNC(=O)[C@H](Cc1ccccc1)N(Cc1cccc(Cl)c1)C(=O)CCCN(c1cccc(OC)c1)S(C)(=O)=O. The monoisotopic (exact) mass is 613 g/mol. The Morgan fingerprint density at radius 3 is 2.33 bits per heavy atom. The molecule has 1 N–H and O–H groups in total. The first-order valence-corrected chi connectivity index (χ1v) is 16.3. The largest absolute Gasteiger partial charge is 0.497 e. The fraction of sp³-hybridized carbons (Fsp3) is 0.375. The van der Waals surface area contributed by atoms with Gasteiger partial charge in [-0.15, -0.1) is 0 Å². The number of methoxy groups -OCH3 is 1. The lowest BCUT2D eigenvalue weighted by Gasteiger charge is -2.32. The molecule has 1 atom stereocenters. The number of unbranched alkanes of at least 4 members (excludes halogenated alkanes) is 1. The number of sulfonamides is 1. The second-order valence-corrected chi connectivity index (χ2v) is 12.5. The van der Waals surface area contributed by atoms with Crippen LogP contribution in [-0.4, -0.2) is 57.6 Å². The molecule has 0 spiro atoms. The molecule has 0 fully saturated rings. The second-order valence-electron chi connectivity index (χ2n) is 10.1. The summed E-state index contributed by atoms with van der Waals surface area (Å²) >= 11 is 6.25. The number of halogens is 1. The van der Waals surface area contributed by atoms with E-state index in [9.17, 15) is 18.0 Å². The molecule has 0 bridgehead atoms. The number of hydrogen-bond acceptors (Lipinski definition) is 5. The van der Waals surface area contributed by atoms with Crippen molar-refractivity contribution in [2.24, 2.45) is 0 Å². The summed E-state index contributed by atoms with van der Waals surface area (Å²) in [6, 6.07) is 22.8. The Kier molecular flexibility index (Phi) is 12.7. The maximum atomic E-state index is 13.9. The summed E-state index contributed by atoms with van der Waals surface area (Å²) < 4.78 is 31.9. The van der Waals surface area contributed by atoms with Crippen molar-refractivity contribution in [1.82, 2.24) is 10.2 Å². The first-order chi connectivity index (χ1) is 20.1. The van der Waals surface area contributed by atoms with E-state index in [-0.39, 0.29) is 37.7 Å². The molecule has 8 nitrogen and oxygen atoms in total. The number of hydrogen-bond donors (Lipinski definition) is 1. The Balaban J connectivity index is 1.87. The van der Waals surface area contributed by atoms with E-state index < -0.39 is 16.1 Å². The highest BCUT2D eigenvalue weighted by molar-refractivity contribution is 7.92. The van der Waals surface area contributed by atoms with Crippen LogP contribution in [0, 0.1) is 0 Å². The fourth-order valence-corrected chi connectivity index (χ4v) is 5.83. The van der Waals surface area contributed by atoms with Crippen LogP contribution in [0.5, 0.6) is 5.75 Å². The summed E-state index contributed by atoms with van der Waals surface area (Å²) in [6.45, 7) is 2.84. The van der Waals surface area contributed by atoms with Crippen molar-refractivity contribution in [3.8, 4) is 5.75 Å². The Bertz CT molecular complexity index is 1420. The quantitative estimate of drug-likeness (QED) is 0.217. The summed E-state index contributed by atoms with van der Waals surface area (Å²) in [5.41, 5.74) is 2.18. The predicted octanol–water partition coefficient (Wildman–Crippen LogP) is 5.45. The van der Waals surface area contributed by atoms with E-state index in [1.165, 1.54) is 11.4 Å². The highest BCUT2D eigenvalue weighted by Crippen LogP contribution is 2.24. The van der Waals surface area contributed by atoms with Crippen molar-refractivity contribution in [2.45, 2.75) is 51.6 Å². The summed E-state index contributed by atoms with van der Waals surface area (Å²) in [5.74, 6) is 0.0558. The van der Waals surface area contributed by atoms with Gasteiger partial charge in [0.15, 0.2) is 0 Å². The first-order valence-electron chi connectivity index (χ1n) is 14.1. The Morgan fingerprint density at radius 2 is 1.67 bits per heavy atom. The van der Waals surface area contributed by atoms with Crippen molar-refractivity contribution in [3.63, 3.8) is 0 Å². The number of nitrogens with zero attached hydrogens (tertiary/aromatic N) is 2. The molecule has 0 saturated carbocycles. The van der Waals surface area contributed by atoms with Crippen LogP contribution in [0.1, 0.15) is 43.7 Å². The van der Waals surface area contributed by atoms with Crippen molar-refractivity contribution >= 4 is 39.1 Å². The van der Waals surface area contributed by atoms with Gasteiger partial charge in [0.05, 0.1) is 19.1 Å². The standard InChI is InChI=1S/C32H40ClN3O5S/c1-4-5-19-34-32(38)30(22-25-12-7-6-8-13-25)35(24-26-14-9-15-27(33)21-26)31(37)18-11-20-36(42(3,39)40)28-16-10-17-29(23-28)41-2/h6-10,12-17,21,23,30H,4-5,11,18-20,22,24H2,1-3H3,(H,34,38)/t30-/m0/s1. The van der Waals surface area contributed by atoms with Crippen LogP contribution in [0.2, 0.25) is 5.02 Å². The molecule has 0 aliphatic heterocycles. The summed E-state index contributed by atoms with van der Waals surface area (Å²) in [5, 5.41) is 3.54. The molecule has 10 heteroatoms. The second kappa shape index (κ2) is 16.2. The molecule has 0 aliphatic rings. The zero-order valence-electron chi connectivity index (χ0n) is 24.5. The number of carbonyl (C=O) groups is 2. The number of anilines is 1. The number of benzene rings is 3. The lowest BCUT2D eigenvalue weighted by molar-refractivity contribution is -0.141. The van der Waals surface area contributed by atoms with Gasteiger partial charge < -0.3 is 15.0 Å². The van der Waals surface area contributed by atoms with E-state index in [2.05, 4.69) is 5.32 Å². The topological polar surface area (TPSA) is 96.0 Å². The van der Waals surface area contributed by atoms with Crippen LogP contribution in [0.15, 0.2) is 78.9 Å². The Morgan fingerprint density at radius 1 is 0.952 bits per heavy atom. The molecule has 3 aromatic carbocycles. The van der Waals surface area contributed by atoms with Crippen molar-refractivity contribution < 1.29 is 22.7 Å². The molecule has 0 radical (unpaired) electrons. The van der Waals surface area contributed by atoms with E-state index in [0.29, 0.717) is 29.4 Å². The highest BCUT2D eigenvalue weighted by atomic mass is 35.5. The zero-order chi connectivity index (χ0) is 30.5. The summed E-state index contributed by atoms with van der Waals surface area (Å²) in [4.78, 5) is 29.0. The molecule has 0 aromatic heterocycles. The van der Waals surface area contributed by atoms with Crippen LogP contribution in [-0.2, 0) is 32.6 Å². The summed E-state index contributed by atoms with van der Waals surface area (Å²) in [6.07, 6.45) is 3.53. The van der Waals surface area contributed by atoms with Gasteiger partial charge in [0.25, 0.3) is 0 Å². The molecule has 0 saturated heterocycles. The Labute approximate surface area is 254 Å². The molecule has 42 heavy (non-hydrogen) atoms. The van der Waals surface area contributed by atoms with Gasteiger partial charge >= 0.3 is 0 Å². The first kappa shape index (κ1) is 32.9.